The zero-order valence-electron chi connectivity index (χ0n) is 10.9. The van der Waals surface area contributed by atoms with Gasteiger partial charge in [0.15, 0.2) is 11.6 Å². The molecule has 1 unspecified atom stereocenters. The van der Waals surface area contributed by atoms with Crippen LogP contribution in [-0.2, 0) is 0 Å². The van der Waals surface area contributed by atoms with Gasteiger partial charge in [0.05, 0.1) is 6.04 Å². The summed E-state index contributed by atoms with van der Waals surface area (Å²) in [6, 6.07) is 3.70. The molecule has 8 heteroatoms. The lowest BCUT2D eigenvalue weighted by Gasteiger charge is -1.96. The van der Waals surface area contributed by atoms with E-state index in [1.807, 2.05) is 6.92 Å². The quantitative estimate of drug-likeness (QED) is 0.772. The van der Waals surface area contributed by atoms with E-state index in [9.17, 15) is 4.39 Å². The second kappa shape index (κ2) is 5.23. The number of rotatable bonds is 3. The first kappa shape index (κ1) is 13.7. The highest BCUT2D eigenvalue weighted by Gasteiger charge is 2.15. The Bertz CT molecular complexity index is 784. The van der Waals surface area contributed by atoms with E-state index in [2.05, 4.69) is 15.1 Å². The first-order chi connectivity index (χ1) is 10.0. The molecule has 0 spiro atoms. The molecule has 2 heterocycles. The second-order valence-corrected chi connectivity index (χ2v) is 5.34. The van der Waals surface area contributed by atoms with E-state index in [-0.39, 0.29) is 17.8 Å². The molecule has 0 saturated heterocycles. The molecule has 0 fully saturated rings. The number of benzene rings is 1. The molecule has 2 aromatic heterocycles. The number of thiazole rings is 1. The molecule has 0 bridgehead atoms. The maximum Gasteiger partial charge on any atom is 0.277 e. The van der Waals surface area contributed by atoms with Gasteiger partial charge in [0.1, 0.15) is 10.7 Å². The van der Waals surface area contributed by atoms with E-state index >= 15 is 0 Å². The molecule has 1 aromatic carbocycles. The third-order valence-corrected chi connectivity index (χ3v) is 3.81. The smallest absolute Gasteiger partial charge is 0.277 e. The molecule has 0 saturated carbocycles. The fraction of sp³-hybridized carbons (Fsp3) is 0.154. The van der Waals surface area contributed by atoms with Gasteiger partial charge < -0.3 is 15.4 Å². The lowest BCUT2D eigenvalue weighted by atomic mass is 10.2. The molecule has 21 heavy (non-hydrogen) atoms. The topological polar surface area (TPSA) is 98.1 Å². The standard InChI is InChI=1S/C13H11FN4O2S/c1-6(15)13-16-9(5-21-13)12-17-11(18-20-12)7-2-3-10(19)8(14)4-7/h2-6,19H,15H2,1H3. The summed E-state index contributed by atoms with van der Waals surface area (Å²) in [4.78, 5) is 8.47. The van der Waals surface area contributed by atoms with Gasteiger partial charge >= 0.3 is 0 Å². The van der Waals surface area contributed by atoms with Crippen LogP contribution in [0.1, 0.15) is 18.0 Å². The van der Waals surface area contributed by atoms with Crippen molar-refractivity contribution in [2.45, 2.75) is 13.0 Å². The summed E-state index contributed by atoms with van der Waals surface area (Å²) in [5, 5.41) is 15.5. The molecule has 108 valence electrons. The highest BCUT2D eigenvalue weighted by molar-refractivity contribution is 7.10. The number of hydrogen-bond acceptors (Lipinski definition) is 7. The van der Waals surface area contributed by atoms with Gasteiger partial charge in [-0.2, -0.15) is 4.98 Å². The molecular weight excluding hydrogens is 295 g/mol. The molecule has 0 amide bonds. The Hall–Kier alpha value is -2.32. The largest absolute Gasteiger partial charge is 0.505 e. The lowest BCUT2D eigenvalue weighted by molar-refractivity contribution is 0.429. The van der Waals surface area contributed by atoms with Gasteiger partial charge in [0, 0.05) is 10.9 Å². The monoisotopic (exact) mass is 306 g/mol. The minimum atomic E-state index is -0.744. The Labute approximate surface area is 123 Å². The van der Waals surface area contributed by atoms with Crippen LogP contribution in [0.3, 0.4) is 0 Å². The van der Waals surface area contributed by atoms with Gasteiger partial charge in [-0.1, -0.05) is 5.16 Å². The zero-order valence-corrected chi connectivity index (χ0v) is 11.8. The third kappa shape index (κ3) is 2.63. The molecule has 0 aliphatic rings. The number of nitrogens with zero attached hydrogens (tertiary/aromatic N) is 3. The molecule has 1 atom stereocenters. The van der Waals surface area contributed by atoms with Crippen LogP contribution < -0.4 is 5.73 Å². The molecule has 3 rings (SSSR count). The Kier molecular flexibility index (Phi) is 3.40. The van der Waals surface area contributed by atoms with E-state index in [1.165, 1.54) is 23.5 Å². The Morgan fingerprint density at radius 1 is 1.38 bits per heavy atom. The maximum absolute atomic E-state index is 13.3. The molecule has 0 aliphatic heterocycles. The Morgan fingerprint density at radius 2 is 2.19 bits per heavy atom. The summed E-state index contributed by atoms with van der Waals surface area (Å²) < 4.78 is 18.5. The highest BCUT2D eigenvalue weighted by Crippen LogP contribution is 2.27. The number of phenols is 1. The fourth-order valence-corrected chi connectivity index (χ4v) is 2.44. The van der Waals surface area contributed by atoms with E-state index in [4.69, 9.17) is 15.4 Å². The number of aromatic hydroxyl groups is 1. The van der Waals surface area contributed by atoms with Crippen molar-refractivity contribution in [2.24, 2.45) is 5.73 Å². The Morgan fingerprint density at radius 3 is 2.86 bits per heavy atom. The number of aromatic nitrogens is 3. The molecule has 0 radical (unpaired) electrons. The number of nitrogens with two attached hydrogens (primary N) is 1. The zero-order chi connectivity index (χ0) is 15.0. The van der Waals surface area contributed by atoms with E-state index in [0.29, 0.717) is 11.3 Å². The van der Waals surface area contributed by atoms with Crippen molar-refractivity contribution >= 4 is 11.3 Å². The summed E-state index contributed by atoms with van der Waals surface area (Å²) >= 11 is 1.41. The van der Waals surface area contributed by atoms with E-state index in [1.54, 1.807) is 5.38 Å². The summed E-state index contributed by atoms with van der Waals surface area (Å²) in [6.45, 7) is 1.83. The SMILES string of the molecule is CC(N)c1nc(-c2nc(-c3ccc(O)c(F)c3)no2)cs1. The van der Waals surface area contributed by atoms with Gasteiger partial charge in [-0.05, 0) is 25.1 Å². The van der Waals surface area contributed by atoms with Crippen molar-refractivity contribution in [3.05, 3.63) is 34.4 Å². The van der Waals surface area contributed by atoms with Crippen molar-refractivity contribution in [1.82, 2.24) is 15.1 Å². The lowest BCUT2D eigenvalue weighted by Crippen LogP contribution is -2.03. The van der Waals surface area contributed by atoms with Crippen LogP contribution in [0.4, 0.5) is 4.39 Å². The molecule has 6 nitrogen and oxygen atoms in total. The number of halogens is 1. The minimum absolute atomic E-state index is 0.169. The van der Waals surface area contributed by atoms with E-state index < -0.39 is 11.6 Å². The van der Waals surface area contributed by atoms with Gasteiger partial charge in [-0.25, -0.2) is 9.37 Å². The first-order valence-electron chi connectivity index (χ1n) is 6.08. The van der Waals surface area contributed by atoms with Crippen LogP contribution in [0.2, 0.25) is 0 Å². The van der Waals surface area contributed by atoms with Crippen molar-refractivity contribution in [1.29, 1.82) is 0 Å². The van der Waals surface area contributed by atoms with Crippen molar-refractivity contribution < 1.29 is 14.0 Å². The van der Waals surface area contributed by atoms with Crippen LogP contribution in [0, 0.1) is 5.82 Å². The summed E-state index contributed by atoms with van der Waals surface area (Å²) in [7, 11) is 0. The van der Waals surface area contributed by atoms with Gasteiger partial charge in [0.2, 0.25) is 5.82 Å². The number of phenolic OH excluding ortho intramolecular Hbond substituents is 1. The average Bonchev–Trinajstić information content (AvgIpc) is 3.09. The summed E-state index contributed by atoms with van der Waals surface area (Å²) in [5.74, 6) is -0.712. The Balaban J connectivity index is 1.93. The van der Waals surface area contributed by atoms with Gasteiger partial charge in [-0.3, -0.25) is 0 Å². The highest BCUT2D eigenvalue weighted by atomic mass is 32.1. The molecule has 3 aromatic rings. The minimum Gasteiger partial charge on any atom is -0.505 e. The predicted octanol–water partition coefficient (Wildman–Crippen LogP) is 2.72. The first-order valence-corrected chi connectivity index (χ1v) is 6.96. The average molecular weight is 306 g/mol. The van der Waals surface area contributed by atoms with Crippen LogP contribution in [-0.4, -0.2) is 20.2 Å². The maximum atomic E-state index is 13.3. The molecule has 3 N–H and O–H groups in total. The second-order valence-electron chi connectivity index (χ2n) is 4.45. The summed E-state index contributed by atoms with van der Waals surface area (Å²) in [6.07, 6.45) is 0. The third-order valence-electron chi connectivity index (χ3n) is 2.76. The van der Waals surface area contributed by atoms with Gasteiger partial charge in [0.25, 0.3) is 5.89 Å². The predicted molar refractivity (Wildman–Crippen MR) is 75.1 cm³/mol. The van der Waals surface area contributed by atoms with Crippen molar-refractivity contribution in [3.63, 3.8) is 0 Å². The van der Waals surface area contributed by atoms with Crippen LogP contribution >= 0.6 is 11.3 Å². The fourth-order valence-electron chi connectivity index (χ4n) is 1.69. The van der Waals surface area contributed by atoms with E-state index in [0.717, 1.165) is 11.1 Å². The van der Waals surface area contributed by atoms with Crippen molar-refractivity contribution in [3.8, 4) is 28.7 Å². The molecular formula is C13H11FN4O2S. The van der Waals surface area contributed by atoms with Crippen LogP contribution in [0.5, 0.6) is 5.75 Å². The van der Waals surface area contributed by atoms with Gasteiger partial charge in [-0.15, -0.1) is 11.3 Å². The number of hydrogen-bond donors (Lipinski definition) is 2. The van der Waals surface area contributed by atoms with Crippen LogP contribution in [0.15, 0.2) is 28.1 Å². The summed E-state index contributed by atoms with van der Waals surface area (Å²) in [5.41, 5.74) is 6.69. The van der Waals surface area contributed by atoms with Crippen molar-refractivity contribution in [2.75, 3.05) is 0 Å². The molecule has 0 aliphatic carbocycles. The normalized spacial score (nSPS) is 12.5. The van der Waals surface area contributed by atoms with Crippen LogP contribution in [0.25, 0.3) is 23.0 Å².